The number of nitrogens with one attached hydrogen (secondary N) is 1. The number of halogens is 1. The third-order valence-corrected chi connectivity index (χ3v) is 2.94. The van der Waals surface area contributed by atoms with Gasteiger partial charge in [0.1, 0.15) is 11.7 Å². The summed E-state index contributed by atoms with van der Waals surface area (Å²) in [7, 11) is 0. The predicted octanol–water partition coefficient (Wildman–Crippen LogP) is 1.58. The molecule has 0 aliphatic carbocycles. The first-order valence-electron chi connectivity index (χ1n) is 4.52. The number of hydrogen-bond acceptors (Lipinski definition) is 3. The zero-order valence-electron chi connectivity index (χ0n) is 8.16. The van der Waals surface area contributed by atoms with Gasteiger partial charge < -0.3 is 10.8 Å². The molecule has 0 heterocycles. The number of nitrogen functional groups attached to an aromatic ring is 1. The van der Waals surface area contributed by atoms with Crippen LogP contribution < -0.4 is 5.73 Å². The van der Waals surface area contributed by atoms with E-state index in [-0.39, 0.29) is 18.3 Å². The van der Waals surface area contributed by atoms with Gasteiger partial charge in [-0.3, -0.25) is 5.41 Å². The third kappa shape index (κ3) is 3.53. The fourth-order valence-corrected chi connectivity index (χ4v) is 1.89. The van der Waals surface area contributed by atoms with Crippen molar-refractivity contribution in [3.8, 4) is 0 Å². The Hall–Kier alpha value is -1.07. The summed E-state index contributed by atoms with van der Waals surface area (Å²) in [6.45, 7) is 0.111. The Labute approximate surface area is 92.0 Å². The van der Waals surface area contributed by atoms with Crippen LogP contribution in [0.2, 0.25) is 0 Å². The summed E-state index contributed by atoms with van der Waals surface area (Å²) in [6, 6.07) is 4.48. The topological polar surface area (TPSA) is 70.1 Å². The van der Waals surface area contributed by atoms with E-state index in [2.05, 4.69) is 0 Å². The number of aliphatic hydroxyl groups is 1. The molecule has 1 rings (SSSR count). The van der Waals surface area contributed by atoms with Gasteiger partial charge >= 0.3 is 0 Å². The average molecular weight is 228 g/mol. The van der Waals surface area contributed by atoms with Crippen LogP contribution in [0.25, 0.3) is 0 Å². The number of hydrogen-bond donors (Lipinski definition) is 3. The van der Waals surface area contributed by atoms with Crippen molar-refractivity contribution in [2.24, 2.45) is 5.73 Å². The predicted molar refractivity (Wildman–Crippen MR) is 59.8 cm³/mol. The van der Waals surface area contributed by atoms with E-state index in [4.69, 9.17) is 16.2 Å². The van der Waals surface area contributed by atoms with Gasteiger partial charge in [-0.1, -0.05) is 0 Å². The van der Waals surface area contributed by atoms with E-state index < -0.39 is 0 Å². The summed E-state index contributed by atoms with van der Waals surface area (Å²) in [5.41, 5.74) is 5.62. The lowest BCUT2D eigenvalue weighted by atomic mass is 10.2. The minimum Gasteiger partial charge on any atom is -0.396 e. The number of rotatable bonds is 5. The van der Waals surface area contributed by atoms with Crippen molar-refractivity contribution in [1.82, 2.24) is 0 Å². The summed E-state index contributed by atoms with van der Waals surface area (Å²) in [6.07, 6.45) is 0.637. The fraction of sp³-hybridized carbons (Fsp3) is 0.300. The molecule has 0 saturated carbocycles. The van der Waals surface area contributed by atoms with Crippen molar-refractivity contribution in [1.29, 1.82) is 5.41 Å². The molecule has 5 heteroatoms. The maximum Gasteiger partial charge on any atom is 0.137 e. The number of amidine groups is 1. The third-order valence-electron chi connectivity index (χ3n) is 1.80. The SMILES string of the molecule is N=C(N)c1ccc(SCCCO)c(F)c1. The standard InChI is InChI=1S/C10H13FN2OS/c11-8-6-7(10(12)13)2-3-9(8)15-5-1-4-14/h2-3,6,14H,1,4-5H2,(H3,12,13). The molecule has 0 spiro atoms. The Morgan fingerprint density at radius 2 is 2.27 bits per heavy atom. The molecule has 0 saturated heterocycles. The van der Waals surface area contributed by atoms with E-state index >= 15 is 0 Å². The van der Waals surface area contributed by atoms with Crippen molar-refractivity contribution in [3.05, 3.63) is 29.6 Å². The molecule has 1 aromatic rings. The normalized spacial score (nSPS) is 10.3. The van der Waals surface area contributed by atoms with Gasteiger partial charge in [-0.25, -0.2) is 4.39 Å². The van der Waals surface area contributed by atoms with E-state index in [9.17, 15) is 4.39 Å². The van der Waals surface area contributed by atoms with Gasteiger partial charge in [0.25, 0.3) is 0 Å². The number of thioether (sulfide) groups is 1. The van der Waals surface area contributed by atoms with Crippen LogP contribution in [0.1, 0.15) is 12.0 Å². The smallest absolute Gasteiger partial charge is 0.137 e. The van der Waals surface area contributed by atoms with Gasteiger partial charge in [0.15, 0.2) is 0 Å². The van der Waals surface area contributed by atoms with Crippen molar-refractivity contribution < 1.29 is 9.50 Å². The lowest BCUT2D eigenvalue weighted by Gasteiger charge is -2.04. The largest absolute Gasteiger partial charge is 0.396 e. The number of benzene rings is 1. The second kappa shape index (κ2) is 5.72. The first kappa shape index (κ1) is 12.0. The van der Waals surface area contributed by atoms with Crippen molar-refractivity contribution in [2.75, 3.05) is 12.4 Å². The van der Waals surface area contributed by atoms with Gasteiger partial charge in [0, 0.05) is 22.8 Å². The zero-order valence-corrected chi connectivity index (χ0v) is 8.98. The van der Waals surface area contributed by atoms with Gasteiger partial charge in [0.05, 0.1) is 0 Å². The van der Waals surface area contributed by atoms with Gasteiger partial charge in [0.2, 0.25) is 0 Å². The van der Waals surface area contributed by atoms with Crippen LogP contribution >= 0.6 is 11.8 Å². The maximum absolute atomic E-state index is 13.4. The van der Waals surface area contributed by atoms with E-state index in [1.807, 2.05) is 0 Å². The molecule has 0 unspecified atom stereocenters. The zero-order chi connectivity index (χ0) is 11.3. The highest BCUT2D eigenvalue weighted by atomic mass is 32.2. The van der Waals surface area contributed by atoms with E-state index in [0.717, 1.165) is 0 Å². The van der Waals surface area contributed by atoms with Crippen LogP contribution in [0, 0.1) is 11.2 Å². The molecular formula is C10H13FN2OS. The Morgan fingerprint density at radius 3 is 2.80 bits per heavy atom. The van der Waals surface area contributed by atoms with Crippen molar-refractivity contribution in [2.45, 2.75) is 11.3 Å². The van der Waals surface area contributed by atoms with E-state index in [0.29, 0.717) is 22.6 Å². The lowest BCUT2D eigenvalue weighted by Crippen LogP contribution is -2.11. The molecule has 82 valence electrons. The summed E-state index contributed by atoms with van der Waals surface area (Å²) in [4.78, 5) is 0.522. The van der Waals surface area contributed by atoms with Crippen LogP contribution in [0.3, 0.4) is 0 Å². The van der Waals surface area contributed by atoms with Crippen molar-refractivity contribution in [3.63, 3.8) is 0 Å². The molecule has 1 aromatic carbocycles. The molecular weight excluding hydrogens is 215 g/mol. The van der Waals surface area contributed by atoms with Crippen LogP contribution in [-0.2, 0) is 0 Å². The second-order valence-electron chi connectivity index (χ2n) is 2.98. The van der Waals surface area contributed by atoms with Gasteiger partial charge in [-0.15, -0.1) is 11.8 Å². The minimum absolute atomic E-state index is 0.111. The van der Waals surface area contributed by atoms with Crippen LogP contribution in [-0.4, -0.2) is 23.3 Å². The molecule has 0 aliphatic heterocycles. The van der Waals surface area contributed by atoms with Crippen molar-refractivity contribution >= 4 is 17.6 Å². The molecule has 0 aromatic heterocycles. The summed E-state index contributed by atoms with van der Waals surface area (Å²) >= 11 is 1.35. The lowest BCUT2D eigenvalue weighted by molar-refractivity contribution is 0.296. The molecule has 0 bridgehead atoms. The first-order chi connectivity index (χ1) is 7.15. The molecule has 0 atom stereocenters. The summed E-state index contributed by atoms with van der Waals surface area (Å²) < 4.78 is 13.4. The summed E-state index contributed by atoms with van der Waals surface area (Å²) in [5.74, 6) is 0.166. The molecule has 0 fully saturated rings. The number of aliphatic hydroxyl groups excluding tert-OH is 1. The van der Waals surface area contributed by atoms with E-state index in [1.54, 1.807) is 12.1 Å². The first-order valence-corrected chi connectivity index (χ1v) is 5.51. The highest BCUT2D eigenvalue weighted by molar-refractivity contribution is 7.99. The van der Waals surface area contributed by atoms with Crippen LogP contribution in [0.15, 0.2) is 23.1 Å². The summed E-state index contributed by atoms with van der Waals surface area (Å²) in [5, 5.41) is 15.7. The molecule has 3 nitrogen and oxygen atoms in total. The Bertz CT molecular complexity index is 357. The quantitative estimate of drug-likeness (QED) is 0.310. The molecule has 0 amide bonds. The Kier molecular flexibility index (Phi) is 4.58. The monoisotopic (exact) mass is 228 g/mol. The maximum atomic E-state index is 13.4. The highest BCUT2D eigenvalue weighted by Crippen LogP contribution is 2.22. The van der Waals surface area contributed by atoms with Gasteiger partial charge in [-0.05, 0) is 24.6 Å². The number of nitrogens with two attached hydrogens (primary N) is 1. The van der Waals surface area contributed by atoms with Crippen LogP contribution in [0.5, 0.6) is 0 Å². The Morgan fingerprint density at radius 1 is 1.53 bits per heavy atom. The molecule has 0 aliphatic rings. The van der Waals surface area contributed by atoms with E-state index in [1.165, 1.54) is 17.8 Å². The highest BCUT2D eigenvalue weighted by Gasteiger charge is 2.05. The van der Waals surface area contributed by atoms with Gasteiger partial charge in [-0.2, -0.15) is 0 Å². The molecule has 15 heavy (non-hydrogen) atoms. The molecule has 4 N–H and O–H groups in total. The Balaban J connectivity index is 2.70. The fourth-order valence-electron chi connectivity index (χ4n) is 1.03. The van der Waals surface area contributed by atoms with Crippen LogP contribution in [0.4, 0.5) is 4.39 Å². The minimum atomic E-state index is -0.370. The second-order valence-corrected chi connectivity index (χ2v) is 4.12. The molecule has 0 radical (unpaired) electrons. The average Bonchev–Trinajstić information content (AvgIpc) is 2.20.